The number of carbonyl (C=O) groups excluding carboxylic acids is 4. The zero-order chi connectivity index (χ0) is 70.5. The van der Waals surface area contributed by atoms with Crippen LogP contribution in [0.15, 0.2) is 0 Å². The summed E-state index contributed by atoms with van der Waals surface area (Å²) in [5.41, 5.74) is 0. The molecule has 0 aliphatic rings. The molecule has 0 radical (unpaired) electrons. The Bertz CT molecular complexity index is 1840. The Morgan fingerprint density at radius 2 is 0.500 bits per heavy atom. The Morgan fingerprint density at radius 3 is 0.740 bits per heavy atom. The van der Waals surface area contributed by atoms with Gasteiger partial charge in [0.25, 0.3) is 0 Å². The molecular weight excluding hydrogens is 1260 g/mol. The molecule has 0 saturated carbocycles. The van der Waals surface area contributed by atoms with Crippen molar-refractivity contribution in [3.05, 3.63) is 0 Å². The van der Waals surface area contributed by atoms with Crippen molar-refractivity contribution in [1.29, 1.82) is 0 Å². The van der Waals surface area contributed by atoms with Gasteiger partial charge in [-0.15, -0.1) is 0 Å². The molecule has 0 aliphatic carbocycles. The lowest BCUT2D eigenvalue weighted by molar-refractivity contribution is -0.161. The van der Waals surface area contributed by atoms with Gasteiger partial charge in [-0.2, -0.15) is 0 Å². The molecule has 0 heterocycles. The predicted molar refractivity (Wildman–Crippen MR) is 391 cm³/mol. The SMILES string of the molecule is CCCCCCCCCCCCCCCCCC(=O)OC[C@H](COP(=O)(O)OC[C@@H](O)COP(=O)(O)OC[C@@H](COC(=O)CCCCCCCCCCC)OC(=O)CCCCCCCCCCCCCCCC)OC(=O)CCCCCCCCCCCCCCCCC(C)CC. The van der Waals surface area contributed by atoms with Crippen LogP contribution in [-0.4, -0.2) is 96.7 Å². The molecule has 0 rings (SSSR count). The maximum absolute atomic E-state index is 13.1. The lowest BCUT2D eigenvalue weighted by Gasteiger charge is -2.21. The molecule has 0 bridgehead atoms. The third kappa shape index (κ3) is 69.2. The number of aliphatic hydroxyl groups is 1. The third-order valence-corrected chi connectivity index (χ3v) is 20.3. The van der Waals surface area contributed by atoms with Crippen LogP contribution in [0.4, 0.5) is 0 Å². The van der Waals surface area contributed by atoms with Crippen molar-refractivity contribution in [2.45, 2.75) is 425 Å². The highest BCUT2D eigenvalue weighted by molar-refractivity contribution is 7.47. The first-order valence-electron chi connectivity index (χ1n) is 40.2. The van der Waals surface area contributed by atoms with E-state index in [1.165, 1.54) is 231 Å². The highest BCUT2D eigenvalue weighted by Crippen LogP contribution is 2.45. The van der Waals surface area contributed by atoms with Crippen LogP contribution in [0.25, 0.3) is 0 Å². The molecule has 0 saturated heterocycles. The summed E-state index contributed by atoms with van der Waals surface area (Å²) >= 11 is 0. The van der Waals surface area contributed by atoms with E-state index in [9.17, 15) is 43.2 Å². The normalized spacial score (nSPS) is 14.2. The van der Waals surface area contributed by atoms with E-state index in [-0.39, 0.29) is 25.7 Å². The molecule has 0 aromatic carbocycles. The number of hydrogen-bond donors (Lipinski definition) is 3. The summed E-state index contributed by atoms with van der Waals surface area (Å²) < 4.78 is 68.6. The van der Waals surface area contributed by atoms with Crippen molar-refractivity contribution in [2.24, 2.45) is 5.92 Å². The molecule has 17 nitrogen and oxygen atoms in total. The second-order valence-electron chi connectivity index (χ2n) is 28.0. The number of aliphatic hydroxyl groups excluding tert-OH is 1. The first kappa shape index (κ1) is 94.1. The van der Waals surface area contributed by atoms with Crippen molar-refractivity contribution < 1.29 is 80.2 Å². The van der Waals surface area contributed by atoms with E-state index < -0.39 is 97.5 Å². The Balaban J connectivity index is 5.23. The highest BCUT2D eigenvalue weighted by atomic mass is 31.2. The van der Waals surface area contributed by atoms with Crippen LogP contribution in [0.5, 0.6) is 0 Å². The average molecular weight is 1410 g/mol. The van der Waals surface area contributed by atoms with E-state index in [0.717, 1.165) is 95.8 Å². The number of phosphoric ester groups is 2. The van der Waals surface area contributed by atoms with Gasteiger partial charge in [0.1, 0.15) is 19.3 Å². The zero-order valence-electron chi connectivity index (χ0n) is 62.5. The van der Waals surface area contributed by atoms with E-state index in [2.05, 4.69) is 34.6 Å². The Kier molecular flexibility index (Phi) is 68.7. The monoisotopic (exact) mass is 1410 g/mol. The summed E-state index contributed by atoms with van der Waals surface area (Å²) in [4.78, 5) is 72.8. The van der Waals surface area contributed by atoms with Gasteiger partial charge in [0.2, 0.25) is 0 Å². The molecule has 0 aromatic rings. The fraction of sp³-hybridized carbons (Fsp3) is 0.948. The zero-order valence-corrected chi connectivity index (χ0v) is 64.3. The lowest BCUT2D eigenvalue weighted by atomic mass is 9.99. The minimum atomic E-state index is -4.96. The number of phosphoric acid groups is 2. The summed E-state index contributed by atoms with van der Waals surface area (Å²) in [7, 11) is -9.91. The largest absolute Gasteiger partial charge is 0.472 e. The van der Waals surface area contributed by atoms with Crippen LogP contribution < -0.4 is 0 Å². The first-order chi connectivity index (χ1) is 46.6. The molecule has 6 atom stereocenters. The molecule has 0 amide bonds. The lowest BCUT2D eigenvalue weighted by Crippen LogP contribution is -2.30. The predicted octanol–water partition coefficient (Wildman–Crippen LogP) is 22.9. The van der Waals surface area contributed by atoms with Crippen molar-refractivity contribution in [3.63, 3.8) is 0 Å². The summed E-state index contributed by atoms with van der Waals surface area (Å²) in [6, 6.07) is 0. The van der Waals surface area contributed by atoms with Gasteiger partial charge >= 0.3 is 39.5 Å². The van der Waals surface area contributed by atoms with Gasteiger partial charge < -0.3 is 33.8 Å². The molecule has 0 fully saturated rings. The van der Waals surface area contributed by atoms with Crippen LogP contribution in [0.2, 0.25) is 0 Å². The molecular formula is C77H150O17P2. The second kappa shape index (κ2) is 70.1. The highest BCUT2D eigenvalue weighted by Gasteiger charge is 2.30. The number of unbranched alkanes of at least 4 members (excludes halogenated alkanes) is 48. The topological polar surface area (TPSA) is 237 Å². The average Bonchev–Trinajstić information content (AvgIpc) is 1.82. The maximum Gasteiger partial charge on any atom is 0.472 e. The van der Waals surface area contributed by atoms with Gasteiger partial charge in [0.05, 0.1) is 26.4 Å². The summed E-state index contributed by atoms with van der Waals surface area (Å²) in [6.07, 6.45) is 59.4. The van der Waals surface area contributed by atoms with E-state index in [1.807, 2.05) is 0 Å². The number of rotatable bonds is 77. The van der Waals surface area contributed by atoms with Gasteiger partial charge in [0, 0.05) is 25.7 Å². The van der Waals surface area contributed by atoms with Gasteiger partial charge in [-0.25, -0.2) is 9.13 Å². The van der Waals surface area contributed by atoms with Crippen LogP contribution in [0.3, 0.4) is 0 Å². The number of hydrogen-bond acceptors (Lipinski definition) is 15. The van der Waals surface area contributed by atoms with E-state index in [0.29, 0.717) is 25.7 Å². The van der Waals surface area contributed by atoms with Gasteiger partial charge in [-0.05, 0) is 31.6 Å². The minimum Gasteiger partial charge on any atom is -0.462 e. The van der Waals surface area contributed by atoms with Crippen molar-refractivity contribution in [2.75, 3.05) is 39.6 Å². The van der Waals surface area contributed by atoms with E-state index >= 15 is 0 Å². The molecule has 3 unspecified atom stereocenters. The third-order valence-electron chi connectivity index (χ3n) is 18.4. The molecule has 0 aromatic heterocycles. The minimum absolute atomic E-state index is 0.108. The van der Waals surface area contributed by atoms with Gasteiger partial charge in [-0.1, -0.05) is 356 Å². The number of esters is 4. The molecule has 96 heavy (non-hydrogen) atoms. The molecule has 19 heteroatoms. The Morgan fingerprint density at radius 1 is 0.292 bits per heavy atom. The molecule has 570 valence electrons. The van der Waals surface area contributed by atoms with Crippen molar-refractivity contribution in [1.82, 2.24) is 0 Å². The fourth-order valence-electron chi connectivity index (χ4n) is 11.8. The molecule has 0 spiro atoms. The van der Waals surface area contributed by atoms with Crippen molar-refractivity contribution >= 4 is 39.5 Å². The second-order valence-corrected chi connectivity index (χ2v) is 30.9. The standard InChI is InChI=1S/C77H150O17P2/c1-6-10-13-16-19-22-24-26-28-33-36-41-46-51-56-61-75(80)88-67-73(94-77(82)63-58-53-48-43-38-34-30-29-31-35-40-44-49-54-59-70(5)9-4)69-92-96(85,86)90-65-71(78)64-89-95(83,84)91-68-72(66-87-74(79)60-55-50-45-39-21-18-15-12-8-3)93-76(81)62-57-52-47-42-37-32-27-25-23-20-17-14-11-7-2/h70-73,78H,6-69H2,1-5H3,(H,83,84)(H,85,86)/t70?,71-,72+,73+/m0/s1. The van der Waals surface area contributed by atoms with Crippen LogP contribution in [0.1, 0.15) is 407 Å². The smallest absolute Gasteiger partial charge is 0.462 e. The summed E-state index contributed by atoms with van der Waals surface area (Å²) in [5.74, 6) is -1.26. The first-order valence-corrected chi connectivity index (χ1v) is 43.2. The molecule has 0 aliphatic heterocycles. The Labute approximate surface area is 588 Å². The van der Waals surface area contributed by atoms with Gasteiger partial charge in [0.15, 0.2) is 12.2 Å². The number of ether oxygens (including phenoxy) is 4. The van der Waals surface area contributed by atoms with E-state index in [4.69, 9.17) is 37.0 Å². The molecule has 3 N–H and O–H groups in total. The summed E-state index contributed by atoms with van der Waals surface area (Å²) in [5, 5.41) is 10.6. The number of carbonyl (C=O) groups is 4. The quantitative estimate of drug-likeness (QED) is 0.0222. The van der Waals surface area contributed by atoms with Crippen LogP contribution in [0, 0.1) is 5.92 Å². The van der Waals surface area contributed by atoms with Gasteiger partial charge in [-0.3, -0.25) is 37.3 Å². The fourth-order valence-corrected chi connectivity index (χ4v) is 13.4. The van der Waals surface area contributed by atoms with Crippen LogP contribution >= 0.6 is 15.6 Å². The van der Waals surface area contributed by atoms with Crippen molar-refractivity contribution in [3.8, 4) is 0 Å². The Hall–Kier alpha value is -1.94. The summed E-state index contributed by atoms with van der Waals surface area (Å²) in [6.45, 7) is 7.35. The van der Waals surface area contributed by atoms with Crippen LogP contribution in [-0.2, 0) is 65.4 Å². The van der Waals surface area contributed by atoms with E-state index in [1.54, 1.807) is 0 Å². The maximum atomic E-state index is 13.1.